The van der Waals surface area contributed by atoms with Crippen molar-refractivity contribution in [3.8, 4) is 0 Å². The first-order valence-electron chi connectivity index (χ1n) is 12.4. The number of halogens is 4. The average molecular weight is 663 g/mol. The monoisotopic (exact) mass is 660 g/mol. The van der Waals surface area contributed by atoms with Crippen LogP contribution in [0.25, 0.3) is 11.1 Å². The Bertz CT molecular complexity index is 1380. The van der Waals surface area contributed by atoms with E-state index in [1.54, 1.807) is 35.5 Å². The Kier molecular flexibility index (Phi) is 15.1. The van der Waals surface area contributed by atoms with Gasteiger partial charge in [-0.1, -0.05) is 37.1 Å². The SMILES string of the molecule is Fc1cccc(C2=[C-]CC=C2)c1.Fc1cccc(C2=[C-]CC=C2)c1.[Cl-].[Cl-].[Zr+2]=[Si](c1ccccc1)c1ccccc1. The second kappa shape index (κ2) is 17.9. The van der Waals surface area contributed by atoms with Crippen molar-refractivity contribution in [3.63, 3.8) is 0 Å². The normalized spacial score (nSPS) is 12.4. The molecule has 0 amide bonds. The number of benzene rings is 4. The van der Waals surface area contributed by atoms with E-state index in [9.17, 15) is 8.78 Å². The van der Waals surface area contributed by atoms with Gasteiger partial charge in [-0.3, -0.25) is 0 Å². The molecular weight excluding hydrogens is 637 g/mol. The summed E-state index contributed by atoms with van der Waals surface area (Å²) in [6.45, 7) is 0. The Morgan fingerprint density at radius 1 is 0.550 bits per heavy atom. The number of allylic oxidation sites excluding steroid dienone is 8. The fraction of sp³-hybridized carbons (Fsp3) is 0.0588. The van der Waals surface area contributed by atoms with Crippen molar-refractivity contribution in [1.82, 2.24) is 0 Å². The standard InChI is InChI=1S/C12H10Si.2C11H8F.2ClH.Zr/c1-3-7-11(8-4-1)13-12-9-5-2-6-10-12;2*12-11-7-3-6-10(8-11)9-4-1-2-5-9;;;/h1-10H;2*1,3-4,6-8H,2H2;2*1H;/q;2*-1;;;+2/p-2. The van der Waals surface area contributed by atoms with E-state index < -0.39 is 5.43 Å². The van der Waals surface area contributed by atoms with Crippen LogP contribution in [0.3, 0.4) is 0 Å². The molecule has 0 unspecified atom stereocenters. The van der Waals surface area contributed by atoms with Crippen LogP contribution >= 0.6 is 0 Å². The zero-order valence-electron chi connectivity index (χ0n) is 21.6. The molecular formula is C34H26Cl2F2SiZr-2. The molecule has 2 aliphatic rings. The molecule has 0 radical (unpaired) electrons. The molecule has 0 nitrogen and oxygen atoms in total. The number of hydrogen-bond donors (Lipinski definition) is 0. The fourth-order valence-electron chi connectivity index (χ4n) is 3.89. The molecule has 0 saturated heterocycles. The molecule has 0 spiro atoms. The van der Waals surface area contributed by atoms with E-state index in [1.165, 1.54) is 34.6 Å². The molecule has 0 heterocycles. The fourth-order valence-corrected chi connectivity index (χ4v) is 7.74. The third kappa shape index (κ3) is 10.4. The molecule has 0 saturated carbocycles. The minimum atomic E-state index is -0.455. The van der Waals surface area contributed by atoms with Crippen molar-refractivity contribution in [2.75, 3.05) is 0 Å². The summed E-state index contributed by atoms with van der Waals surface area (Å²) in [6, 6.07) is 34.8. The van der Waals surface area contributed by atoms with E-state index in [-0.39, 0.29) is 36.4 Å². The van der Waals surface area contributed by atoms with Gasteiger partial charge in [0.05, 0.1) is 0 Å². The Morgan fingerprint density at radius 2 is 0.950 bits per heavy atom. The molecule has 0 atom stereocenters. The predicted molar refractivity (Wildman–Crippen MR) is 152 cm³/mol. The molecule has 4 aromatic rings. The van der Waals surface area contributed by atoms with Gasteiger partial charge in [-0.2, -0.15) is 35.5 Å². The maximum absolute atomic E-state index is 12.8. The van der Waals surface area contributed by atoms with Gasteiger partial charge in [0.25, 0.3) is 0 Å². The van der Waals surface area contributed by atoms with Crippen LogP contribution in [0.4, 0.5) is 8.78 Å². The number of hydrogen-bond acceptors (Lipinski definition) is 0. The van der Waals surface area contributed by atoms with Crippen molar-refractivity contribution in [2.45, 2.75) is 12.8 Å². The summed E-state index contributed by atoms with van der Waals surface area (Å²) in [5.74, 6) is -0.385. The summed E-state index contributed by atoms with van der Waals surface area (Å²) < 4.78 is 25.5. The molecule has 0 fully saturated rings. The van der Waals surface area contributed by atoms with Crippen LogP contribution < -0.4 is 35.2 Å². The summed E-state index contributed by atoms with van der Waals surface area (Å²) >= 11 is 1.64. The van der Waals surface area contributed by atoms with Crippen LogP contribution in [0.15, 0.2) is 133 Å². The van der Waals surface area contributed by atoms with Crippen LogP contribution in [-0.2, 0) is 23.3 Å². The van der Waals surface area contributed by atoms with Gasteiger partial charge >= 0.3 is 99.8 Å². The molecule has 4 aromatic carbocycles. The van der Waals surface area contributed by atoms with Crippen molar-refractivity contribution >= 4 is 27.0 Å². The Morgan fingerprint density at radius 3 is 1.27 bits per heavy atom. The van der Waals surface area contributed by atoms with E-state index in [0.29, 0.717) is 0 Å². The van der Waals surface area contributed by atoms with Crippen LogP contribution in [-0.4, -0.2) is 5.43 Å². The van der Waals surface area contributed by atoms with Gasteiger partial charge in [-0.25, -0.2) is 8.78 Å². The molecule has 40 heavy (non-hydrogen) atoms. The van der Waals surface area contributed by atoms with E-state index in [1.807, 2.05) is 36.4 Å². The third-order valence-electron chi connectivity index (χ3n) is 5.79. The molecule has 2 aliphatic carbocycles. The number of rotatable bonds is 4. The van der Waals surface area contributed by atoms with Crippen LogP contribution in [0.1, 0.15) is 24.0 Å². The van der Waals surface area contributed by atoms with Gasteiger partial charge in [0.1, 0.15) is 11.6 Å². The summed E-state index contributed by atoms with van der Waals surface area (Å²) in [7, 11) is 0. The van der Waals surface area contributed by atoms with E-state index in [0.717, 1.165) is 35.1 Å². The zero-order chi connectivity index (χ0) is 26.6. The van der Waals surface area contributed by atoms with Gasteiger partial charge in [0, 0.05) is 0 Å². The van der Waals surface area contributed by atoms with Crippen LogP contribution in [0, 0.1) is 23.8 Å². The van der Waals surface area contributed by atoms with Gasteiger partial charge in [-0.05, 0) is 12.1 Å². The van der Waals surface area contributed by atoms with E-state index >= 15 is 0 Å². The molecule has 0 aromatic heterocycles. The maximum atomic E-state index is 12.8. The molecule has 6 heteroatoms. The molecule has 200 valence electrons. The van der Waals surface area contributed by atoms with E-state index in [4.69, 9.17) is 0 Å². The second-order valence-corrected chi connectivity index (χ2v) is 14.1. The van der Waals surface area contributed by atoms with E-state index in [2.05, 4.69) is 72.8 Å². The van der Waals surface area contributed by atoms with Crippen LogP contribution in [0.2, 0.25) is 0 Å². The van der Waals surface area contributed by atoms with Gasteiger partial charge in [-0.15, -0.1) is 35.4 Å². The van der Waals surface area contributed by atoms with Crippen molar-refractivity contribution in [3.05, 3.63) is 168 Å². The molecule has 0 aliphatic heterocycles. The Hall–Kier alpha value is -2.62. The molecule has 0 N–H and O–H groups in total. The Labute approximate surface area is 263 Å². The molecule has 0 bridgehead atoms. The first-order valence-corrected chi connectivity index (χ1v) is 17.5. The summed E-state index contributed by atoms with van der Waals surface area (Å²) in [6.07, 6.45) is 15.9. The van der Waals surface area contributed by atoms with Gasteiger partial charge in [0.15, 0.2) is 0 Å². The van der Waals surface area contributed by atoms with Gasteiger partial charge in [0.2, 0.25) is 0 Å². The average Bonchev–Trinajstić information content (AvgIpc) is 3.70. The second-order valence-electron chi connectivity index (χ2n) is 8.52. The Balaban J connectivity index is 0.000000206. The topological polar surface area (TPSA) is 0 Å². The third-order valence-corrected chi connectivity index (χ3v) is 11.9. The predicted octanol–water partition coefficient (Wildman–Crippen LogP) is 1.29. The first kappa shape index (κ1) is 33.6. The zero-order valence-corrected chi connectivity index (χ0v) is 26.6. The van der Waals surface area contributed by atoms with Crippen molar-refractivity contribution in [1.29, 1.82) is 0 Å². The summed E-state index contributed by atoms with van der Waals surface area (Å²) in [5.41, 5.74) is 3.35. The van der Waals surface area contributed by atoms with Crippen LogP contribution in [0.5, 0.6) is 0 Å². The quantitative estimate of drug-likeness (QED) is 0.229. The summed E-state index contributed by atoms with van der Waals surface area (Å²) in [5, 5.41) is 3.03. The minimum absolute atomic E-state index is 0. The molecule has 6 rings (SSSR count). The van der Waals surface area contributed by atoms with Gasteiger partial charge < -0.3 is 24.8 Å². The summed E-state index contributed by atoms with van der Waals surface area (Å²) in [4.78, 5) is 0. The first-order chi connectivity index (χ1) is 18.6. The van der Waals surface area contributed by atoms with Crippen molar-refractivity contribution < 1.29 is 56.9 Å². The van der Waals surface area contributed by atoms with Crippen molar-refractivity contribution in [2.24, 2.45) is 0 Å².